The monoisotopic (exact) mass is 472 g/mol. The molecule has 3 aliphatic rings. The number of fused-ring (bicyclic) bond motifs is 2. The predicted octanol–water partition coefficient (Wildman–Crippen LogP) is 3.84. The molecule has 0 saturated carbocycles. The molecule has 2 saturated heterocycles. The van der Waals surface area contributed by atoms with Gasteiger partial charge in [-0.3, -0.25) is 9.69 Å². The topological polar surface area (TPSA) is 78.6 Å². The van der Waals surface area contributed by atoms with E-state index in [0.717, 1.165) is 97.9 Å². The van der Waals surface area contributed by atoms with Crippen molar-refractivity contribution in [1.29, 1.82) is 0 Å². The molecule has 0 spiro atoms. The molecule has 1 amide bonds. The van der Waals surface area contributed by atoms with Gasteiger partial charge in [0.1, 0.15) is 12.4 Å². The van der Waals surface area contributed by atoms with E-state index in [1.165, 1.54) is 5.56 Å². The number of hydrogen-bond donors (Lipinski definition) is 3. The van der Waals surface area contributed by atoms with Crippen molar-refractivity contribution in [3.05, 3.63) is 59.3 Å². The lowest BCUT2D eigenvalue weighted by molar-refractivity contribution is -0.110. The summed E-state index contributed by atoms with van der Waals surface area (Å²) >= 11 is 0. The van der Waals surface area contributed by atoms with Gasteiger partial charge in [0.05, 0.1) is 18.8 Å². The molecule has 1 aromatic heterocycles. The second kappa shape index (κ2) is 9.85. The van der Waals surface area contributed by atoms with Gasteiger partial charge in [0, 0.05) is 47.5 Å². The van der Waals surface area contributed by atoms with Gasteiger partial charge in [-0.15, -0.1) is 0 Å². The molecule has 3 N–H and O–H groups in total. The van der Waals surface area contributed by atoms with E-state index in [2.05, 4.69) is 44.8 Å². The van der Waals surface area contributed by atoms with Crippen LogP contribution in [0, 0.1) is 0 Å². The number of anilines is 1. The van der Waals surface area contributed by atoms with E-state index in [1.807, 2.05) is 24.3 Å². The fourth-order valence-corrected chi connectivity index (χ4v) is 5.46. The van der Waals surface area contributed by atoms with Crippen molar-refractivity contribution in [3.63, 3.8) is 0 Å². The summed E-state index contributed by atoms with van der Waals surface area (Å²) in [5, 5.41) is 7.59. The van der Waals surface area contributed by atoms with Crippen LogP contribution in [0.3, 0.4) is 0 Å². The van der Waals surface area contributed by atoms with Gasteiger partial charge in [-0.05, 0) is 73.8 Å². The summed E-state index contributed by atoms with van der Waals surface area (Å²) in [4.78, 5) is 18.8. The average molecular weight is 473 g/mol. The number of rotatable bonds is 6. The van der Waals surface area contributed by atoms with E-state index in [1.54, 1.807) is 0 Å². The smallest absolute Gasteiger partial charge is 0.256 e. The van der Waals surface area contributed by atoms with Crippen molar-refractivity contribution in [2.45, 2.75) is 18.8 Å². The molecule has 2 fully saturated rings. The second-order valence-corrected chi connectivity index (χ2v) is 9.58. The van der Waals surface area contributed by atoms with Gasteiger partial charge in [0.15, 0.2) is 0 Å². The normalized spacial score (nSPS) is 20.3. The Bertz CT molecular complexity index is 1250. The maximum atomic E-state index is 13.0. The number of piperidine rings is 1. The van der Waals surface area contributed by atoms with Crippen LogP contribution in [0.1, 0.15) is 35.6 Å². The predicted molar refractivity (Wildman–Crippen MR) is 139 cm³/mol. The van der Waals surface area contributed by atoms with E-state index in [-0.39, 0.29) is 5.91 Å². The first-order valence-electron chi connectivity index (χ1n) is 12.7. The number of benzene rings is 2. The van der Waals surface area contributed by atoms with Crippen LogP contribution in [-0.4, -0.2) is 68.3 Å². The molecule has 3 aliphatic heterocycles. The van der Waals surface area contributed by atoms with Crippen LogP contribution in [-0.2, 0) is 9.53 Å². The Labute approximate surface area is 205 Å². The standard InChI is InChI=1S/C28H32N4O3/c33-28-24(27-23(2-1-3-26(27)31-28)19-6-8-29-9-7-19)18-21-16-20-17-22(4-5-25(20)30-21)35-15-12-32-10-13-34-14-11-32/h1-5,16-19,29-30H,6-15H2,(H,31,33). The maximum Gasteiger partial charge on any atom is 0.256 e. The number of H-pyrrole nitrogens is 1. The van der Waals surface area contributed by atoms with Crippen molar-refractivity contribution >= 4 is 34.1 Å². The molecule has 182 valence electrons. The summed E-state index contributed by atoms with van der Waals surface area (Å²) in [6, 6.07) is 14.5. The van der Waals surface area contributed by atoms with Crippen LogP contribution in [0.5, 0.6) is 5.75 Å². The zero-order valence-corrected chi connectivity index (χ0v) is 19.9. The summed E-state index contributed by atoms with van der Waals surface area (Å²) in [7, 11) is 0. The highest BCUT2D eigenvalue weighted by atomic mass is 16.5. The fraction of sp³-hybridized carbons (Fsp3) is 0.393. The van der Waals surface area contributed by atoms with Crippen LogP contribution in [0.2, 0.25) is 0 Å². The van der Waals surface area contributed by atoms with Crippen molar-refractivity contribution in [2.24, 2.45) is 0 Å². The van der Waals surface area contributed by atoms with E-state index < -0.39 is 0 Å². The van der Waals surface area contributed by atoms with Crippen molar-refractivity contribution in [2.75, 3.05) is 57.9 Å². The highest BCUT2D eigenvalue weighted by molar-refractivity contribution is 6.35. The first kappa shape index (κ1) is 22.3. The molecule has 0 bridgehead atoms. The van der Waals surface area contributed by atoms with Gasteiger partial charge in [-0.25, -0.2) is 0 Å². The zero-order valence-electron chi connectivity index (χ0n) is 19.9. The number of nitrogens with zero attached hydrogens (tertiary/aromatic N) is 1. The van der Waals surface area contributed by atoms with Crippen molar-refractivity contribution in [3.8, 4) is 5.75 Å². The molecule has 0 radical (unpaired) electrons. The molecule has 7 heteroatoms. The molecule has 6 rings (SSSR count). The summed E-state index contributed by atoms with van der Waals surface area (Å²) in [6.45, 7) is 7.14. The SMILES string of the molecule is O=C1Nc2cccc(C3CCNCC3)c2C1=Cc1cc2cc(OCCN3CCOCC3)ccc2[nH]1. The molecular formula is C28H32N4O3. The Morgan fingerprint density at radius 3 is 2.80 bits per heavy atom. The van der Waals surface area contributed by atoms with Crippen LogP contribution >= 0.6 is 0 Å². The summed E-state index contributed by atoms with van der Waals surface area (Å²) < 4.78 is 11.4. The van der Waals surface area contributed by atoms with E-state index in [9.17, 15) is 4.79 Å². The average Bonchev–Trinajstić information content (AvgIpc) is 3.44. The molecule has 0 unspecified atom stereocenters. The lowest BCUT2D eigenvalue weighted by Crippen LogP contribution is -2.38. The Morgan fingerprint density at radius 1 is 1.09 bits per heavy atom. The third-order valence-electron chi connectivity index (χ3n) is 7.33. The van der Waals surface area contributed by atoms with Crippen LogP contribution in [0.25, 0.3) is 22.6 Å². The first-order chi connectivity index (χ1) is 17.2. The number of ether oxygens (including phenoxy) is 2. The minimum atomic E-state index is -0.0350. The van der Waals surface area contributed by atoms with E-state index in [4.69, 9.17) is 9.47 Å². The summed E-state index contributed by atoms with van der Waals surface area (Å²) in [6.07, 6.45) is 4.18. The number of aromatic nitrogens is 1. The molecule has 35 heavy (non-hydrogen) atoms. The Hall–Kier alpha value is -3.13. The van der Waals surface area contributed by atoms with Gasteiger partial charge in [0.2, 0.25) is 0 Å². The molecular weight excluding hydrogens is 440 g/mol. The number of nitrogens with one attached hydrogen (secondary N) is 3. The minimum absolute atomic E-state index is 0.0350. The van der Waals surface area contributed by atoms with Gasteiger partial charge < -0.3 is 25.1 Å². The van der Waals surface area contributed by atoms with Gasteiger partial charge >= 0.3 is 0 Å². The minimum Gasteiger partial charge on any atom is -0.492 e. The molecule has 7 nitrogen and oxygen atoms in total. The molecule has 0 atom stereocenters. The number of hydrogen-bond acceptors (Lipinski definition) is 5. The Kier molecular flexibility index (Phi) is 6.29. The van der Waals surface area contributed by atoms with Crippen LogP contribution in [0.4, 0.5) is 5.69 Å². The zero-order chi connectivity index (χ0) is 23.6. The largest absolute Gasteiger partial charge is 0.492 e. The maximum absolute atomic E-state index is 13.0. The van der Waals surface area contributed by atoms with Gasteiger partial charge in [0.25, 0.3) is 5.91 Å². The Balaban J connectivity index is 1.23. The Morgan fingerprint density at radius 2 is 1.94 bits per heavy atom. The van der Waals surface area contributed by atoms with Crippen molar-refractivity contribution < 1.29 is 14.3 Å². The number of carbonyl (C=O) groups excluding carboxylic acids is 1. The second-order valence-electron chi connectivity index (χ2n) is 9.58. The number of aromatic amines is 1. The van der Waals surface area contributed by atoms with Crippen LogP contribution < -0.4 is 15.4 Å². The number of morpholine rings is 1. The highest BCUT2D eigenvalue weighted by Crippen LogP contribution is 2.41. The van der Waals surface area contributed by atoms with Gasteiger partial charge in [-0.1, -0.05) is 12.1 Å². The third kappa shape index (κ3) is 4.72. The summed E-state index contributed by atoms with van der Waals surface area (Å²) in [5.41, 5.74) is 5.95. The highest BCUT2D eigenvalue weighted by Gasteiger charge is 2.30. The molecule has 3 aromatic rings. The summed E-state index contributed by atoms with van der Waals surface area (Å²) in [5.74, 6) is 1.30. The molecule has 4 heterocycles. The lowest BCUT2D eigenvalue weighted by atomic mass is 9.85. The first-order valence-corrected chi connectivity index (χ1v) is 12.7. The number of amides is 1. The number of carbonyl (C=O) groups is 1. The molecule has 2 aromatic carbocycles. The van der Waals surface area contributed by atoms with E-state index >= 15 is 0 Å². The van der Waals surface area contributed by atoms with Crippen LogP contribution in [0.15, 0.2) is 42.5 Å². The fourth-order valence-electron chi connectivity index (χ4n) is 5.46. The van der Waals surface area contributed by atoms with Crippen molar-refractivity contribution in [1.82, 2.24) is 15.2 Å². The lowest BCUT2D eigenvalue weighted by Gasteiger charge is -2.26. The van der Waals surface area contributed by atoms with Gasteiger partial charge in [-0.2, -0.15) is 0 Å². The molecule has 0 aliphatic carbocycles. The quantitative estimate of drug-likeness (QED) is 0.475. The van der Waals surface area contributed by atoms with E-state index in [0.29, 0.717) is 12.5 Å². The third-order valence-corrected chi connectivity index (χ3v) is 7.33.